The number of carbonyl (C=O) groups is 2. The molecule has 0 atom stereocenters. The number of carbonyl (C=O) groups excluding carboxylic acids is 2. The van der Waals surface area contributed by atoms with Gasteiger partial charge in [0.1, 0.15) is 23.1 Å². The lowest BCUT2D eigenvalue weighted by Gasteiger charge is -2.12. The van der Waals surface area contributed by atoms with Crippen LogP contribution in [0.2, 0.25) is 0 Å². The van der Waals surface area contributed by atoms with E-state index in [1.165, 1.54) is 31.3 Å². The van der Waals surface area contributed by atoms with Gasteiger partial charge in [0.25, 0.3) is 0 Å². The third-order valence-electron chi connectivity index (χ3n) is 3.98. The van der Waals surface area contributed by atoms with Gasteiger partial charge in [-0.3, -0.25) is 10.1 Å². The fourth-order valence-electron chi connectivity index (χ4n) is 2.47. The van der Waals surface area contributed by atoms with Crippen molar-refractivity contribution in [3.05, 3.63) is 54.1 Å². The summed E-state index contributed by atoms with van der Waals surface area (Å²) in [7, 11) is 0. The van der Waals surface area contributed by atoms with Crippen molar-refractivity contribution < 1.29 is 23.2 Å². The first-order chi connectivity index (χ1) is 14.6. The topological polar surface area (TPSA) is 118 Å². The summed E-state index contributed by atoms with van der Waals surface area (Å²) in [5, 5.41) is 11.3. The van der Waals surface area contributed by atoms with Crippen molar-refractivity contribution in [3.8, 4) is 11.5 Å². The van der Waals surface area contributed by atoms with E-state index in [9.17, 15) is 14.0 Å². The Morgan fingerprint density at radius 2 is 1.77 bits per heavy atom. The molecule has 3 amide bonds. The third kappa shape index (κ3) is 6.01. The summed E-state index contributed by atoms with van der Waals surface area (Å²) < 4.78 is 25.1. The van der Waals surface area contributed by atoms with E-state index < -0.39 is 11.8 Å². The third-order valence-corrected chi connectivity index (χ3v) is 3.98. The van der Waals surface area contributed by atoms with Crippen LogP contribution in [0.15, 0.2) is 47.1 Å². The summed E-state index contributed by atoms with van der Waals surface area (Å²) in [6, 6.07) is 7.97. The van der Waals surface area contributed by atoms with Gasteiger partial charge in [-0.15, -0.1) is 0 Å². The maximum Gasteiger partial charge on any atom is 0.326 e. The van der Waals surface area contributed by atoms with Crippen molar-refractivity contribution in [3.63, 3.8) is 0 Å². The van der Waals surface area contributed by atoms with Gasteiger partial charge in [0.2, 0.25) is 11.8 Å². The first-order valence-corrected chi connectivity index (χ1v) is 9.36. The fraction of sp³-hybridized carbons (Fsp3) is 0.238. The van der Waals surface area contributed by atoms with Crippen LogP contribution in [0.1, 0.15) is 33.4 Å². The average Bonchev–Trinajstić information content (AvgIpc) is 3.12. The standard InChI is InChI=1S/C21H22FN5O4/c1-12(28)24-18-10-14(7-8-23-18)30-13-5-6-16(15(22)9-13)25-20(29)26-19-11-17(27-31-19)21(2,3)4/h5-11H,1-4H3,(H,23,24,28)(H2,25,26,29). The highest BCUT2D eigenvalue weighted by Crippen LogP contribution is 2.27. The molecule has 0 bridgehead atoms. The Morgan fingerprint density at radius 1 is 1.03 bits per heavy atom. The van der Waals surface area contributed by atoms with Crippen LogP contribution in [0.5, 0.6) is 11.5 Å². The zero-order chi connectivity index (χ0) is 22.6. The summed E-state index contributed by atoms with van der Waals surface area (Å²) in [6.45, 7) is 7.24. The Kier molecular flexibility index (Phi) is 6.19. The predicted molar refractivity (Wildman–Crippen MR) is 113 cm³/mol. The molecule has 10 heteroatoms. The number of halogens is 1. The largest absolute Gasteiger partial charge is 0.457 e. The Balaban J connectivity index is 1.63. The summed E-state index contributed by atoms with van der Waals surface area (Å²) >= 11 is 0. The Labute approximate surface area is 178 Å². The number of pyridine rings is 1. The summed E-state index contributed by atoms with van der Waals surface area (Å²) in [6.07, 6.45) is 1.45. The molecule has 0 aliphatic carbocycles. The molecule has 0 aliphatic rings. The van der Waals surface area contributed by atoms with E-state index >= 15 is 0 Å². The van der Waals surface area contributed by atoms with Crippen LogP contribution in [-0.2, 0) is 10.2 Å². The van der Waals surface area contributed by atoms with E-state index in [4.69, 9.17) is 9.26 Å². The monoisotopic (exact) mass is 427 g/mol. The van der Waals surface area contributed by atoms with Crippen LogP contribution >= 0.6 is 0 Å². The molecular formula is C21H22FN5O4. The Hall–Kier alpha value is -3.95. The Morgan fingerprint density at radius 3 is 2.42 bits per heavy atom. The van der Waals surface area contributed by atoms with Gasteiger partial charge in [0.15, 0.2) is 0 Å². The molecule has 0 unspecified atom stereocenters. The second-order valence-corrected chi connectivity index (χ2v) is 7.71. The molecule has 3 N–H and O–H groups in total. The molecule has 0 saturated carbocycles. The molecule has 31 heavy (non-hydrogen) atoms. The molecule has 2 aromatic heterocycles. The summed E-state index contributed by atoms with van der Waals surface area (Å²) in [4.78, 5) is 27.3. The number of hydrogen-bond donors (Lipinski definition) is 3. The highest BCUT2D eigenvalue weighted by Gasteiger charge is 2.20. The van der Waals surface area contributed by atoms with Crippen molar-refractivity contribution in [2.24, 2.45) is 0 Å². The zero-order valence-electron chi connectivity index (χ0n) is 17.4. The quantitative estimate of drug-likeness (QED) is 0.533. The van der Waals surface area contributed by atoms with Crippen molar-refractivity contribution >= 4 is 29.3 Å². The van der Waals surface area contributed by atoms with Gasteiger partial charge < -0.3 is 19.9 Å². The molecule has 0 aliphatic heterocycles. The molecule has 3 rings (SSSR count). The lowest BCUT2D eigenvalue weighted by Crippen LogP contribution is -2.19. The fourth-order valence-corrected chi connectivity index (χ4v) is 2.47. The van der Waals surface area contributed by atoms with Crippen molar-refractivity contribution in [1.82, 2.24) is 10.1 Å². The second-order valence-electron chi connectivity index (χ2n) is 7.71. The molecule has 2 heterocycles. The van der Waals surface area contributed by atoms with E-state index in [0.717, 1.165) is 6.07 Å². The molecule has 0 spiro atoms. The number of aromatic nitrogens is 2. The number of ether oxygens (including phenoxy) is 1. The summed E-state index contributed by atoms with van der Waals surface area (Å²) in [5.74, 6) is 0.0454. The predicted octanol–water partition coefficient (Wildman–Crippen LogP) is 4.90. The van der Waals surface area contributed by atoms with E-state index in [1.54, 1.807) is 12.1 Å². The average molecular weight is 427 g/mol. The smallest absolute Gasteiger partial charge is 0.326 e. The van der Waals surface area contributed by atoms with Crippen molar-refractivity contribution in [1.29, 1.82) is 0 Å². The molecule has 9 nitrogen and oxygen atoms in total. The highest BCUT2D eigenvalue weighted by atomic mass is 19.1. The van der Waals surface area contributed by atoms with Crippen LogP contribution in [0.3, 0.4) is 0 Å². The number of amides is 3. The SMILES string of the molecule is CC(=O)Nc1cc(Oc2ccc(NC(=O)Nc3cc(C(C)(C)C)no3)c(F)c2)ccn1. The van der Waals surface area contributed by atoms with Gasteiger partial charge in [-0.25, -0.2) is 14.2 Å². The maximum absolute atomic E-state index is 14.4. The normalized spacial score (nSPS) is 11.0. The number of hydrogen-bond acceptors (Lipinski definition) is 6. The van der Waals surface area contributed by atoms with Crippen molar-refractivity contribution in [2.75, 3.05) is 16.0 Å². The molecule has 162 valence electrons. The number of nitrogens with one attached hydrogen (secondary N) is 3. The van der Waals surface area contributed by atoms with Crippen LogP contribution in [0, 0.1) is 5.82 Å². The second kappa shape index (κ2) is 8.82. The number of urea groups is 1. The molecule has 1 aromatic carbocycles. The van der Waals surface area contributed by atoms with E-state index in [1.807, 2.05) is 20.8 Å². The van der Waals surface area contributed by atoms with Gasteiger partial charge in [0, 0.05) is 36.7 Å². The van der Waals surface area contributed by atoms with Crippen LogP contribution < -0.4 is 20.7 Å². The van der Waals surface area contributed by atoms with E-state index in [2.05, 4.69) is 26.1 Å². The number of benzene rings is 1. The number of rotatable bonds is 5. The minimum Gasteiger partial charge on any atom is -0.457 e. The molecule has 0 fully saturated rings. The van der Waals surface area contributed by atoms with Gasteiger partial charge in [-0.05, 0) is 18.2 Å². The minimum absolute atomic E-state index is 0.0472. The van der Waals surface area contributed by atoms with Gasteiger partial charge >= 0.3 is 6.03 Å². The van der Waals surface area contributed by atoms with Crippen LogP contribution in [-0.4, -0.2) is 22.1 Å². The highest BCUT2D eigenvalue weighted by molar-refractivity contribution is 5.99. The van der Waals surface area contributed by atoms with Gasteiger partial charge in [-0.1, -0.05) is 25.9 Å². The van der Waals surface area contributed by atoms with E-state index in [-0.39, 0.29) is 28.6 Å². The lowest BCUT2D eigenvalue weighted by molar-refractivity contribution is -0.114. The van der Waals surface area contributed by atoms with Gasteiger partial charge in [0.05, 0.1) is 11.4 Å². The molecule has 0 radical (unpaired) electrons. The number of nitrogens with zero attached hydrogens (tertiary/aromatic N) is 2. The number of anilines is 3. The van der Waals surface area contributed by atoms with Gasteiger partial charge in [-0.2, -0.15) is 0 Å². The molecule has 0 saturated heterocycles. The maximum atomic E-state index is 14.4. The first kappa shape index (κ1) is 21.8. The van der Waals surface area contributed by atoms with E-state index in [0.29, 0.717) is 17.3 Å². The first-order valence-electron chi connectivity index (χ1n) is 9.36. The van der Waals surface area contributed by atoms with Crippen LogP contribution in [0.25, 0.3) is 0 Å². The summed E-state index contributed by atoms with van der Waals surface area (Å²) in [5.41, 5.74) is 0.391. The lowest BCUT2D eigenvalue weighted by atomic mass is 9.92. The molecule has 3 aromatic rings. The van der Waals surface area contributed by atoms with Crippen LogP contribution in [0.4, 0.5) is 26.6 Å². The Bertz CT molecular complexity index is 1110. The zero-order valence-corrected chi connectivity index (χ0v) is 17.4. The minimum atomic E-state index is -0.697. The molecular weight excluding hydrogens is 405 g/mol. The van der Waals surface area contributed by atoms with Crippen molar-refractivity contribution in [2.45, 2.75) is 33.1 Å².